The van der Waals surface area contributed by atoms with Gasteiger partial charge in [0, 0.05) is 12.6 Å². The van der Waals surface area contributed by atoms with Gasteiger partial charge in [0.1, 0.15) is 0 Å². The molecule has 0 N–H and O–H groups in total. The molecule has 3 aliphatic rings. The summed E-state index contributed by atoms with van der Waals surface area (Å²) in [4.78, 5) is 2.77. The van der Waals surface area contributed by atoms with Crippen LogP contribution in [-0.2, 0) is 0 Å². The summed E-state index contributed by atoms with van der Waals surface area (Å²) in [6.45, 7) is 5.30. The molecule has 1 heteroatoms. The van der Waals surface area contributed by atoms with E-state index in [1.807, 2.05) is 0 Å². The molecule has 1 aliphatic carbocycles. The van der Waals surface area contributed by atoms with Gasteiger partial charge in [0.25, 0.3) is 0 Å². The van der Waals surface area contributed by atoms with Crippen molar-refractivity contribution in [1.82, 2.24) is 4.90 Å². The third kappa shape index (κ3) is 0.891. The summed E-state index contributed by atoms with van der Waals surface area (Å²) in [5, 5.41) is 0. The average molecular weight is 165 g/mol. The lowest BCUT2D eigenvalue weighted by molar-refractivity contribution is 0.121. The molecule has 0 amide bonds. The Labute approximate surface area is 75.1 Å². The van der Waals surface area contributed by atoms with Crippen LogP contribution in [0.25, 0.3) is 0 Å². The van der Waals surface area contributed by atoms with E-state index in [1.54, 1.807) is 0 Å². The fraction of sp³-hybridized carbons (Fsp3) is 1.00. The Bertz CT molecular complexity index is 189. The van der Waals surface area contributed by atoms with Crippen LogP contribution in [0.1, 0.15) is 32.6 Å². The lowest BCUT2D eigenvalue weighted by atomic mass is 9.74. The first-order chi connectivity index (χ1) is 5.84. The smallest absolute Gasteiger partial charge is 0.0129 e. The molecule has 2 aliphatic heterocycles. The van der Waals surface area contributed by atoms with Crippen LogP contribution in [0.3, 0.4) is 0 Å². The van der Waals surface area contributed by atoms with E-state index in [-0.39, 0.29) is 0 Å². The van der Waals surface area contributed by atoms with Crippen LogP contribution in [0.2, 0.25) is 0 Å². The third-order valence-corrected chi connectivity index (χ3v) is 4.46. The van der Waals surface area contributed by atoms with E-state index in [0.29, 0.717) is 0 Å². The van der Waals surface area contributed by atoms with Crippen LogP contribution in [0.5, 0.6) is 0 Å². The topological polar surface area (TPSA) is 3.24 Å². The molecule has 12 heavy (non-hydrogen) atoms. The molecule has 5 unspecified atom stereocenters. The minimum absolute atomic E-state index is 1.01. The highest BCUT2D eigenvalue weighted by Gasteiger charge is 2.47. The van der Waals surface area contributed by atoms with Gasteiger partial charge in [-0.15, -0.1) is 0 Å². The van der Waals surface area contributed by atoms with E-state index in [2.05, 4.69) is 11.8 Å². The SMILES string of the molecule is CC1CCC2C3CCN(C3)C2C1. The minimum Gasteiger partial charge on any atom is -0.300 e. The molecule has 0 spiro atoms. The van der Waals surface area contributed by atoms with Crippen molar-refractivity contribution < 1.29 is 0 Å². The summed E-state index contributed by atoms with van der Waals surface area (Å²) < 4.78 is 0. The van der Waals surface area contributed by atoms with Gasteiger partial charge in [0.15, 0.2) is 0 Å². The monoisotopic (exact) mass is 165 g/mol. The fourth-order valence-electron chi connectivity index (χ4n) is 3.81. The van der Waals surface area contributed by atoms with Crippen molar-refractivity contribution in [3.8, 4) is 0 Å². The van der Waals surface area contributed by atoms with Gasteiger partial charge in [-0.25, -0.2) is 0 Å². The van der Waals surface area contributed by atoms with Gasteiger partial charge in [-0.2, -0.15) is 0 Å². The summed E-state index contributed by atoms with van der Waals surface area (Å²) in [6.07, 6.45) is 6.05. The molecule has 0 aromatic carbocycles. The first-order valence-corrected chi connectivity index (χ1v) is 5.58. The van der Waals surface area contributed by atoms with Crippen molar-refractivity contribution in [3.05, 3.63) is 0 Å². The highest BCUT2D eigenvalue weighted by atomic mass is 15.2. The molecule has 5 atom stereocenters. The molecule has 2 bridgehead atoms. The largest absolute Gasteiger partial charge is 0.300 e. The van der Waals surface area contributed by atoms with Gasteiger partial charge in [-0.05, 0) is 43.6 Å². The van der Waals surface area contributed by atoms with Gasteiger partial charge < -0.3 is 0 Å². The van der Waals surface area contributed by atoms with Gasteiger partial charge in [0.2, 0.25) is 0 Å². The maximum absolute atomic E-state index is 2.77. The van der Waals surface area contributed by atoms with Gasteiger partial charge in [-0.3, -0.25) is 4.90 Å². The summed E-state index contributed by atoms with van der Waals surface area (Å²) >= 11 is 0. The molecule has 68 valence electrons. The zero-order valence-corrected chi connectivity index (χ0v) is 8.00. The van der Waals surface area contributed by atoms with Crippen molar-refractivity contribution >= 4 is 0 Å². The molecule has 2 saturated heterocycles. The zero-order chi connectivity index (χ0) is 8.13. The Morgan fingerprint density at radius 2 is 2.08 bits per heavy atom. The lowest BCUT2D eigenvalue weighted by Crippen LogP contribution is -2.39. The Kier molecular flexibility index (Phi) is 1.52. The Morgan fingerprint density at radius 1 is 1.17 bits per heavy atom. The molecule has 0 aromatic rings. The molecular weight excluding hydrogens is 146 g/mol. The first kappa shape index (κ1) is 7.37. The Hall–Kier alpha value is -0.0400. The predicted octanol–water partition coefficient (Wildman–Crippen LogP) is 2.13. The van der Waals surface area contributed by atoms with Crippen molar-refractivity contribution in [2.24, 2.45) is 17.8 Å². The summed E-state index contributed by atoms with van der Waals surface area (Å²) in [5.74, 6) is 3.21. The second kappa shape index (κ2) is 2.47. The molecule has 0 aromatic heterocycles. The summed E-state index contributed by atoms with van der Waals surface area (Å²) in [5.41, 5.74) is 0. The van der Waals surface area contributed by atoms with E-state index in [1.165, 1.54) is 38.8 Å². The average Bonchev–Trinajstić information content (AvgIpc) is 2.63. The van der Waals surface area contributed by atoms with Crippen molar-refractivity contribution in [2.75, 3.05) is 13.1 Å². The second-order valence-electron chi connectivity index (χ2n) is 5.19. The zero-order valence-electron chi connectivity index (χ0n) is 8.00. The minimum atomic E-state index is 1.01. The highest BCUT2D eigenvalue weighted by Crippen LogP contribution is 2.46. The summed E-state index contributed by atoms with van der Waals surface area (Å²) in [7, 11) is 0. The predicted molar refractivity (Wildman–Crippen MR) is 50.0 cm³/mol. The third-order valence-electron chi connectivity index (χ3n) is 4.46. The highest BCUT2D eigenvalue weighted by molar-refractivity contribution is 5.00. The van der Waals surface area contributed by atoms with E-state index < -0.39 is 0 Å². The molecule has 2 heterocycles. The van der Waals surface area contributed by atoms with Crippen LogP contribution in [0.15, 0.2) is 0 Å². The van der Waals surface area contributed by atoms with Gasteiger partial charge in [-0.1, -0.05) is 13.3 Å². The number of piperidine rings is 1. The molecule has 3 fully saturated rings. The number of rotatable bonds is 0. The van der Waals surface area contributed by atoms with Crippen LogP contribution >= 0.6 is 0 Å². The van der Waals surface area contributed by atoms with Crippen molar-refractivity contribution in [2.45, 2.75) is 38.6 Å². The maximum Gasteiger partial charge on any atom is 0.0129 e. The molecular formula is C11H19N. The first-order valence-electron chi connectivity index (χ1n) is 5.58. The van der Waals surface area contributed by atoms with Crippen molar-refractivity contribution in [3.63, 3.8) is 0 Å². The van der Waals surface area contributed by atoms with E-state index >= 15 is 0 Å². The van der Waals surface area contributed by atoms with Gasteiger partial charge in [0.05, 0.1) is 0 Å². The van der Waals surface area contributed by atoms with E-state index in [4.69, 9.17) is 0 Å². The number of hydrogen-bond donors (Lipinski definition) is 0. The van der Waals surface area contributed by atoms with Crippen LogP contribution in [-0.4, -0.2) is 24.0 Å². The fourth-order valence-corrected chi connectivity index (χ4v) is 3.81. The maximum atomic E-state index is 2.77. The second-order valence-corrected chi connectivity index (χ2v) is 5.19. The van der Waals surface area contributed by atoms with E-state index in [9.17, 15) is 0 Å². The van der Waals surface area contributed by atoms with E-state index in [0.717, 1.165) is 23.8 Å². The lowest BCUT2D eigenvalue weighted by Gasteiger charge is -2.38. The number of nitrogens with zero attached hydrogens (tertiary/aromatic N) is 1. The van der Waals surface area contributed by atoms with Crippen LogP contribution < -0.4 is 0 Å². The molecule has 0 radical (unpaired) electrons. The molecule has 1 nitrogen and oxygen atoms in total. The standard InChI is InChI=1S/C11H19N/c1-8-2-3-10-9-4-5-12(7-9)11(10)6-8/h8-11H,2-7H2,1H3. The van der Waals surface area contributed by atoms with Crippen LogP contribution in [0, 0.1) is 17.8 Å². The van der Waals surface area contributed by atoms with Gasteiger partial charge >= 0.3 is 0 Å². The number of hydrogen-bond acceptors (Lipinski definition) is 1. The normalized spacial score (nSPS) is 57.2. The number of fused-ring (bicyclic) bond motifs is 5. The quantitative estimate of drug-likeness (QED) is 0.531. The van der Waals surface area contributed by atoms with Crippen molar-refractivity contribution in [1.29, 1.82) is 0 Å². The molecule has 1 saturated carbocycles. The Balaban J connectivity index is 1.81. The summed E-state index contributed by atoms with van der Waals surface area (Å²) in [6, 6.07) is 1.01. The Morgan fingerprint density at radius 3 is 3.00 bits per heavy atom. The molecule has 3 rings (SSSR count). The van der Waals surface area contributed by atoms with Crippen LogP contribution in [0.4, 0.5) is 0 Å².